The molecule has 2 heterocycles. The molecular formula is C54H35NOS. The first-order valence-electron chi connectivity index (χ1n) is 19.3. The summed E-state index contributed by atoms with van der Waals surface area (Å²) in [5, 5.41) is 4.81. The second kappa shape index (κ2) is 13.8. The normalized spacial score (nSPS) is 11.5. The van der Waals surface area contributed by atoms with Crippen molar-refractivity contribution in [3.63, 3.8) is 0 Å². The minimum atomic E-state index is 0.857. The molecule has 0 saturated heterocycles. The van der Waals surface area contributed by atoms with Crippen molar-refractivity contribution >= 4 is 70.5 Å². The van der Waals surface area contributed by atoms with Gasteiger partial charge in [-0.1, -0.05) is 164 Å². The van der Waals surface area contributed by atoms with Crippen LogP contribution >= 0.6 is 11.3 Å². The number of furan rings is 1. The minimum Gasteiger partial charge on any atom is -0.454 e. The predicted octanol–water partition coefficient (Wildman–Crippen LogP) is 16.1. The smallest absolute Gasteiger partial charge is 0.159 e. The van der Waals surface area contributed by atoms with Gasteiger partial charge in [-0.05, 0) is 87.5 Å². The van der Waals surface area contributed by atoms with Crippen LogP contribution in [0.3, 0.4) is 0 Å². The molecule has 0 aliphatic heterocycles. The molecule has 2 nitrogen and oxygen atoms in total. The van der Waals surface area contributed by atoms with Crippen LogP contribution in [0.5, 0.6) is 0 Å². The van der Waals surface area contributed by atoms with Gasteiger partial charge in [0.1, 0.15) is 5.58 Å². The van der Waals surface area contributed by atoms with Crippen molar-refractivity contribution in [2.45, 2.75) is 0 Å². The van der Waals surface area contributed by atoms with E-state index in [0.29, 0.717) is 0 Å². The van der Waals surface area contributed by atoms with Crippen LogP contribution in [-0.2, 0) is 0 Å². The fourth-order valence-electron chi connectivity index (χ4n) is 8.46. The lowest BCUT2D eigenvalue weighted by atomic mass is 9.88. The van der Waals surface area contributed by atoms with E-state index < -0.39 is 0 Å². The van der Waals surface area contributed by atoms with Crippen molar-refractivity contribution in [2.24, 2.45) is 0 Å². The molecule has 0 unspecified atom stereocenters. The maximum Gasteiger partial charge on any atom is 0.159 e. The van der Waals surface area contributed by atoms with Crippen LogP contribution in [0.25, 0.3) is 86.6 Å². The number of thiophene rings is 1. The molecule has 0 spiro atoms. The highest BCUT2D eigenvalue weighted by Crippen LogP contribution is 2.48. The Morgan fingerprint density at radius 3 is 1.70 bits per heavy atom. The summed E-state index contributed by atoms with van der Waals surface area (Å²) >= 11 is 1.85. The average molecular weight is 746 g/mol. The van der Waals surface area contributed by atoms with Crippen LogP contribution in [0.15, 0.2) is 217 Å². The average Bonchev–Trinajstić information content (AvgIpc) is 3.86. The Morgan fingerprint density at radius 1 is 0.333 bits per heavy atom. The van der Waals surface area contributed by atoms with Crippen molar-refractivity contribution in [1.29, 1.82) is 0 Å². The van der Waals surface area contributed by atoms with Crippen molar-refractivity contribution in [3.8, 4) is 44.5 Å². The quantitative estimate of drug-likeness (QED) is 0.162. The maximum absolute atomic E-state index is 6.73. The van der Waals surface area contributed by atoms with Gasteiger partial charge in [0.15, 0.2) is 5.58 Å². The molecule has 11 rings (SSSR count). The Labute approximate surface area is 335 Å². The van der Waals surface area contributed by atoms with E-state index in [1.165, 1.54) is 53.6 Å². The molecule has 0 saturated carbocycles. The van der Waals surface area contributed by atoms with Crippen molar-refractivity contribution in [3.05, 3.63) is 212 Å². The van der Waals surface area contributed by atoms with Gasteiger partial charge < -0.3 is 9.32 Å². The molecule has 0 bridgehead atoms. The third-order valence-electron chi connectivity index (χ3n) is 11.1. The molecule has 0 aliphatic rings. The Kier molecular flexibility index (Phi) is 8.04. The van der Waals surface area contributed by atoms with Gasteiger partial charge in [0.25, 0.3) is 0 Å². The van der Waals surface area contributed by atoms with E-state index in [-0.39, 0.29) is 0 Å². The molecule has 57 heavy (non-hydrogen) atoms. The summed E-state index contributed by atoms with van der Waals surface area (Å²) in [6.07, 6.45) is 0. The van der Waals surface area contributed by atoms with Crippen LogP contribution in [0.2, 0.25) is 0 Å². The first-order chi connectivity index (χ1) is 28.3. The Balaban J connectivity index is 1.10. The summed E-state index contributed by atoms with van der Waals surface area (Å²) in [5.74, 6) is 0. The molecule has 3 heteroatoms. The molecular weight excluding hydrogens is 711 g/mol. The second-order valence-electron chi connectivity index (χ2n) is 14.4. The Hall–Kier alpha value is -7.20. The molecule has 11 aromatic rings. The number of rotatable bonds is 7. The number of nitrogens with zero attached hydrogens (tertiary/aromatic N) is 1. The first-order valence-corrected chi connectivity index (χ1v) is 20.2. The van der Waals surface area contributed by atoms with E-state index in [1.54, 1.807) is 0 Å². The van der Waals surface area contributed by atoms with Crippen LogP contribution in [0.1, 0.15) is 0 Å². The van der Waals surface area contributed by atoms with Gasteiger partial charge in [-0.3, -0.25) is 0 Å². The molecule has 0 aliphatic carbocycles. The summed E-state index contributed by atoms with van der Waals surface area (Å²) in [5.41, 5.74) is 14.3. The topological polar surface area (TPSA) is 16.4 Å². The van der Waals surface area contributed by atoms with E-state index in [1.807, 2.05) is 17.4 Å². The van der Waals surface area contributed by atoms with Gasteiger partial charge in [0.2, 0.25) is 0 Å². The van der Waals surface area contributed by atoms with E-state index in [2.05, 4.69) is 211 Å². The van der Waals surface area contributed by atoms with Crippen molar-refractivity contribution < 1.29 is 4.42 Å². The zero-order valence-corrected chi connectivity index (χ0v) is 31.8. The van der Waals surface area contributed by atoms with E-state index >= 15 is 0 Å². The predicted molar refractivity (Wildman–Crippen MR) is 243 cm³/mol. The highest BCUT2D eigenvalue weighted by Gasteiger charge is 2.23. The minimum absolute atomic E-state index is 0.857. The number of anilines is 3. The summed E-state index contributed by atoms with van der Waals surface area (Å²) in [6, 6.07) is 76.3. The molecule has 268 valence electrons. The molecule has 0 atom stereocenters. The lowest BCUT2D eigenvalue weighted by Crippen LogP contribution is -2.11. The summed E-state index contributed by atoms with van der Waals surface area (Å²) in [7, 11) is 0. The zero-order chi connectivity index (χ0) is 37.7. The van der Waals surface area contributed by atoms with E-state index in [0.717, 1.165) is 50.1 Å². The van der Waals surface area contributed by atoms with Gasteiger partial charge in [0.05, 0.1) is 11.4 Å². The molecule has 0 radical (unpaired) electrons. The lowest BCUT2D eigenvalue weighted by molar-refractivity contribution is 0.669. The zero-order valence-electron chi connectivity index (χ0n) is 31.0. The lowest BCUT2D eigenvalue weighted by Gasteiger charge is -2.28. The molecule has 0 N–H and O–H groups in total. The summed E-state index contributed by atoms with van der Waals surface area (Å²) in [6.45, 7) is 0. The number of benzene rings is 9. The highest BCUT2D eigenvalue weighted by atomic mass is 32.1. The Bertz CT molecular complexity index is 3250. The van der Waals surface area contributed by atoms with E-state index in [9.17, 15) is 0 Å². The van der Waals surface area contributed by atoms with Gasteiger partial charge in [-0.15, -0.1) is 11.3 Å². The van der Waals surface area contributed by atoms with E-state index in [4.69, 9.17) is 4.42 Å². The summed E-state index contributed by atoms with van der Waals surface area (Å²) < 4.78 is 9.36. The fraction of sp³-hybridized carbons (Fsp3) is 0. The number of fused-ring (bicyclic) bond motifs is 6. The fourth-order valence-corrected chi connectivity index (χ4v) is 9.55. The molecule has 9 aromatic carbocycles. The third-order valence-corrected chi connectivity index (χ3v) is 12.3. The second-order valence-corrected chi connectivity index (χ2v) is 15.5. The van der Waals surface area contributed by atoms with Crippen LogP contribution in [0, 0.1) is 0 Å². The standard InChI is InChI=1S/C54H35NOS/c1-2-15-37(16-3-1)40-17-4-5-18-41(40)42-19-6-7-20-43(42)44-21-8-11-25-49(44)55(50-26-14-24-47-45-22-9-12-27-51(45)56-54(47)50)39-32-29-36(30-33-39)38-31-34-53-48(35-38)46-23-10-13-28-52(46)57-53/h1-35H. The number of hydrogen-bond donors (Lipinski definition) is 0. The Morgan fingerprint density at radius 2 is 0.895 bits per heavy atom. The van der Waals surface area contributed by atoms with Gasteiger partial charge in [-0.2, -0.15) is 0 Å². The summed E-state index contributed by atoms with van der Waals surface area (Å²) in [4.78, 5) is 2.37. The maximum atomic E-state index is 6.73. The third kappa shape index (κ3) is 5.71. The molecule has 0 amide bonds. The molecule has 2 aromatic heterocycles. The first kappa shape index (κ1) is 33.2. The molecule has 0 fully saturated rings. The van der Waals surface area contributed by atoms with Crippen molar-refractivity contribution in [2.75, 3.05) is 4.90 Å². The number of hydrogen-bond acceptors (Lipinski definition) is 3. The largest absolute Gasteiger partial charge is 0.454 e. The van der Waals surface area contributed by atoms with Crippen molar-refractivity contribution in [1.82, 2.24) is 0 Å². The van der Waals surface area contributed by atoms with Gasteiger partial charge in [-0.25, -0.2) is 0 Å². The number of para-hydroxylation sites is 3. The van der Waals surface area contributed by atoms with Gasteiger partial charge >= 0.3 is 0 Å². The van der Waals surface area contributed by atoms with Crippen LogP contribution in [0.4, 0.5) is 17.1 Å². The van der Waals surface area contributed by atoms with Gasteiger partial charge in [0, 0.05) is 42.2 Å². The SMILES string of the molecule is c1ccc(-c2ccccc2-c2ccccc2-c2ccccc2N(c2ccc(-c3ccc4sc5ccccc5c4c3)cc2)c2cccc3c2oc2ccccc23)cc1. The van der Waals surface area contributed by atoms with Crippen LogP contribution < -0.4 is 4.90 Å². The monoisotopic (exact) mass is 745 g/mol. The van der Waals surface area contributed by atoms with Crippen LogP contribution in [-0.4, -0.2) is 0 Å². The highest BCUT2D eigenvalue weighted by molar-refractivity contribution is 7.25.